The van der Waals surface area contributed by atoms with Gasteiger partial charge in [0.05, 0.1) is 19.3 Å². The van der Waals surface area contributed by atoms with E-state index < -0.39 is 0 Å². The number of unbranched alkanes of at least 4 members (excludes halogenated alkanes) is 1. The van der Waals surface area contributed by atoms with Crippen molar-refractivity contribution in [2.24, 2.45) is 0 Å². The smallest absolute Gasteiger partial charge is 0.0643 e. The first-order valence-corrected chi connectivity index (χ1v) is 4.66. The van der Waals surface area contributed by atoms with Gasteiger partial charge >= 0.3 is 0 Å². The first-order chi connectivity index (χ1) is 5.33. The molecule has 0 aliphatic carbocycles. The molecule has 0 aromatic heterocycles. The summed E-state index contributed by atoms with van der Waals surface area (Å²) in [5.74, 6) is 0. The van der Waals surface area contributed by atoms with Crippen LogP contribution in [0.3, 0.4) is 0 Å². The van der Waals surface area contributed by atoms with Crippen LogP contribution in [0.5, 0.6) is 0 Å². The van der Waals surface area contributed by atoms with Gasteiger partial charge in [-0.2, -0.15) is 0 Å². The summed E-state index contributed by atoms with van der Waals surface area (Å²) in [4.78, 5) is 0. The topological polar surface area (TPSA) is 21.3 Å². The molecule has 11 heavy (non-hydrogen) atoms. The third-order valence-electron chi connectivity index (χ3n) is 2.15. The highest BCUT2D eigenvalue weighted by Crippen LogP contribution is 2.05. The lowest BCUT2D eigenvalue weighted by Crippen LogP contribution is -2.49. The van der Waals surface area contributed by atoms with E-state index in [1.807, 2.05) is 0 Å². The maximum atomic E-state index is 5.08. The van der Waals surface area contributed by atoms with Crippen molar-refractivity contribution in [1.29, 1.82) is 0 Å². The lowest BCUT2D eigenvalue weighted by molar-refractivity contribution is -0.00956. The Hall–Kier alpha value is -0.0800. The minimum Gasteiger partial charge on any atom is -0.378 e. The second-order valence-electron chi connectivity index (χ2n) is 3.44. The Bertz CT molecular complexity index is 102. The minimum absolute atomic E-state index is 0.641. The van der Waals surface area contributed by atoms with Gasteiger partial charge in [0.25, 0.3) is 0 Å². The highest BCUT2D eigenvalue weighted by atomic mass is 16.5. The molecule has 1 saturated heterocycles. The first kappa shape index (κ1) is 9.01. The molecule has 1 atom stereocenters. The number of hydrogen-bond donors (Lipinski definition) is 1. The van der Waals surface area contributed by atoms with Crippen molar-refractivity contribution in [2.75, 3.05) is 13.2 Å². The molecule has 0 aromatic carbocycles. The highest BCUT2D eigenvalue weighted by Gasteiger charge is 2.19. The normalized spacial score (nSPS) is 21.3. The van der Waals surface area contributed by atoms with Crippen LogP contribution in [-0.2, 0) is 4.74 Å². The van der Waals surface area contributed by atoms with Gasteiger partial charge in [-0.05, 0) is 13.3 Å². The first-order valence-electron chi connectivity index (χ1n) is 4.66. The fourth-order valence-electron chi connectivity index (χ4n) is 1.33. The number of nitrogens with one attached hydrogen (secondary N) is 1. The van der Waals surface area contributed by atoms with Crippen LogP contribution in [-0.4, -0.2) is 25.3 Å². The van der Waals surface area contributed by atoms with Gasteiger partial charge in [0, 0.05) is 6.04 Å². The zero-order valence-electron chi connectivity index (χ0n) is 7.60. The Morgan fingerprint density at radius 1 is 1.55 bits per heavy atom. The van der Waals surface area contributed by atoms with E-state index in [2.05, 4.69) is 19.2 Å². The average Bonchev–Trinajstić information content (AvgIpc) is 1.93. The zero-order valence-corrected chi connectivity index (χ0v) is 7.60. The van der Waals surface area contributed by atoms with Crippen LogP contribution in [0.4, 0.5) is 0 Å². The van der Waals surface area contributed by atoms with Gasteiger partial charge in [-0.1, -0.05) is 19.8 Å². The minimum atomic E-state index is 0.641. The molecular formula is C9H19NO. The fraction of sp³-hybridized carbons (Fsp3) is 1.00. The van der Waals surface area contributed by atoms with Gasteiger partial charge in [0.2, 0.25) is 0 Å². The second kappa shape index (κ2) is 4.73. The third-order valence-corrected chi connectivity index (χ3v) is 2.15. The van der Waals surface area contributed by atoms with Crippen LogP contribution < -0.4 is 5.32 Å². The molecule has 0 saturated carbocycles. The van der Waals surface area contributed by atoms with E-state index >= 15 is 0 Å². The predicted molar refractivity (Wildman–Crippen MR) is 46.7 cm³/mol. The van der Waals surface area contributed by atoms with Crippen LogP contribution in [0.1, 0.15) is 33.1 Å². The van der Waals surface area contributed by atoms with E-state index in [4.69, 9.17) is 4.74 Å². The Labute approximate surface area is 69.3 Å². The van der Waals surface area contributed by atoms with Crippen molar-refractivity contribution >= 4 is 0 Å². The molecule has 66 valence electrons. The van der Waals surface area contributed by atoms with Crippen molar-refractivity contribution in [3.63, 3.8) is 0 Å². The van der Waals surface area contributed by atoms with Crippen molar-refractivity contribution in [3.8, 4) is 0 Å². The van der Waals surface area contributed by atoms with Crippen LogP contribution in [0.2, 0.25) is 0 Å². The number of rotatable bonds is 5. The summed E-state index contributed by atoms with van der Waals surface area (Å²) in [5, 5.41) is 3.53. The molecule has 0 amide bonds. The quantitative estimate of drug-likeness (QED) is 0.654. The summed E-state index contributed by atoms with van der Waals surface area (Å²) in [7, 11) is 0. The summed E-state index contributed by atoms with van der Waals surface area (Å²) in [6, 6.07) is 1.31. The molecule has 0 radical (unpaired) electrons. The van der Waals surface area contributed by atoms with Crippen molar-refractivity contribution in [2.45, 2.75) is 45.2 Å². The molecule has 1 rings (SSSR count). The molecular weight excluding hydrogens is 138 g/mol. The molecule has 1 N–H and O–H groups in total. The monoisotopic (exact) mass is 157 g/mol. The van der Waals surface area contributed by atoms with Crippen molar-refractivity contribution in [3.05, 3.63) is 0 Å². The van der Waals surface area contributed by atoms with Crippen molar-refractivity contribution < 1.29 is 4.74 Å². The van der Waals surface area contributed by atoms with Crippen LogP contribution in [0.25, 0.3) is 0 Å². The van der Waals surface area contributed by atoms with E-state index in [1.54, 1.807) is 0 Å². The Kier molecular flexibility index (Phi) is 3.87. The van der Waals surface area contributed by atoms with Gasteiger partial charge < -0.3 is 10.1 Å². The standard InChI is InChI=1S/C9H19NO/c1-3-4-5-8(2)10-9-6-11-7-9/h8-10H,3-7H2,1-2H3. The third kappa shape index (κ3) is 3.21. The largest absolute Gasteiger partial charge is 0.378 e. The van der Waals surface area contributed by atoms with Gasteiger partial charge in [0.1, 0.15) is 0 Å². The van der Waals surface area contributed by atoms with Gasteiger partial charge in [-0.3, -0.25) is 0 Å². The predicted octanol–water partition coefficient (Wildman–Crippen LogP) is 1.55. The zero-order chi connectivity index (χ0) is 8.10. The SMILES string of the molecule is CCCCC(C)NC1COC1. The van der Waals surface area contributed by atoms with Crippen LogP contribution >= 0.6 is 0 Å². The van der Waals surface area contributed by atoms with Gasteiger partial charge in [-0.15, -0.1) is 0 Å². The average molecular weight is 157 g/mol. The molecule has 0 spiro atoms. The second-order valence-corrected chi connectivity index (χ2v) is 3.44. The summed E-state index contributed by atoms with van der Waals surface area (Å²) < 4.78 is 5.08. The molecule has 1 fully saturated rings. The molecule has 2 nitrogen and oxygen atoms in total. The molecule has 1 aliphatic rings. The Morgan fingerprint density at radius 2 is 2.27 bits per heavy atom. The van der Waals surface area contributed by atoms with Crippen molar-refractivity contribution in [1.82, 2.24) is 5.32 Å². The van der Waals surface area contributed by atoms with Gasteiger partial charge in [-0.25, -0.2) is 0 Å². The molecule has 1 aliphatic heterocycles. The van der Waals surface area contributed by atoms with E-state index in [1.165, 1.54) is 19.3 Å². The summed E-state index contributed by atoms with van der Waals surface area (Å²) in [6.45, 7) is 6.32. The van der Waals surface area contributed by atoms with E-state index in [9.17, 15) is 0 Å². The van der Waals surface area contributed by atoms with E-state index in [0.29, 0.717) is 12.1 Å². The van der Waals surface area contributed by atoms with E-state index in [0.717, 1.165) is 13.2 Å². The van der Waals surface area contributed by atoms with Crippen LogP contribution in [0, 0.1) is 0 Å². The summed E-state index contributed by atoms with van der Waals surface area (Å²) >= 11 is 0. The molecule has 0 aromatic rings. The maximum absolute atomic E-state index is 5.08. The van der Waals surface area contributed by atoms with E-state index in [-0.39, 0.29) is 0 Å². The molecule has 1 unspecified atom stereocenters. The lowest BCUT2D eigenvalue weighted by atomic mass is 10.1. The Morgan fingerprint density at radius 3 is 2.73 bits per heavy atom. The lowest BCUT2D eigenvalue weighted by Gasteiger charge is -2.30. The number of hydrogen-bond acceptors (Lipinski definition) is 2. The highest BCUT2D eigenvalue weighted by molar-refractivity contribution is 4.76. The number of ether oxygens (including phenoxy) is 1. The maximum Gasteiger partial charge on any atom is 0.0643 e. The molecule has 1 heterocycles. The molecule has 0 bridgehead atoms. The molecule has 2 heteroatoms. The summed E-state index contributed by atoms with van der Waals surface area (Å²) in [5.41, 5.74) is 0. The fourth-order valence-corrected chi connectivity index (χ4v) is 1.33. The summed E-state index contributed by atoms with van der Waals surface area (Å²) in [6.07, 6.45) is 3.93. The van der Waals surface area contributed by atoms with Gasteiger partial charge in [0.15, 0.2) is 0 Å². The Balaban J connectivity index is 1.95. The van der Waals surface area contributed by atoms with Crippen LogP contribution in [0.15, 0.2) is 0 Å².